The lowest BCUT2D eigenvalue weighted by Gasteiger charge is -2.30. The largest absolute Gasteiger partial charge is 0.449 e. The Bertz CT molecular complexity index is 1220. The van der Waals surface area contributed by atoms with Crippen molar-refractivity contribution in [2.45, 2.75) is 57.4 Å². The molecule has 4 rings (SSSR count). The summed E-state index contributed by atoms with van der Waals surface area (Å²) in [5.74, 6) is -8.35. The molecule has 0 radical (unpaired) electrons. The molecule has 13 heteroatoms. The van der Waals surface area contributed by atoms with Gasteiger partial charge in [-0.05, 0) is 18.9 Å². The van der Waals surface area contributed by atoms with Crippen LogP contribution in [-0.2, 0) is 24.1 Å². The summed E-state index contributed by atoms with van der Waals surface area (Å²) in [6.07, 6.45) is -2.80. The van der Waals surface area contributed by atoms with Gasteiger partial charge in [0.25, 0.3) is 0 Å². The maximum Gasteiger partial charge on any atom is 0.449 e. The second-order valence-electron chi connectivity index (χ2n) is 8.96. The number of hydrogen-bond donors (Lipinski definition) is 1. The van der Waals surface area contributed by atoms with E-state index >= 15 is 0 Å². The smallest absolute Gasteiger partial charge is 0.335 e. The lowest BCUT2D eigenvalue weighted by Crippen LogP contribution is -2.43. The van der Waals surface area contributed by atoms with Gasteiger partial charge in [0.05, 0.1) is 23.8 Å². The van der Waals surface area contributed by atoms with Crippen molar-refractivity contribution >= 4 is 17.5 Å². The molecule has 194 valence electrons. The van der Waals surface area contributed by atoms with E-state index < -0.39 is 70.9 Å². The van der Waals surface area contributed by atoms with Crippen LogP contribution < -0.4 is 5.73 Å². The summed E-state index contributed by atoms with van der Waals surface area (Å²) in [7, 11) is 0. The van der Waals surface area contributed by atoms with Crippen LogP contribution in [0.3, 0.4) is 0 Å². The summed E-state index contributed by atoms with van der Waals surface area (Å²) in [4.78, 5) is 43.0. The molecule has 0 bridgehead atoms. The number of Topliss-reactive ketones (excluding diaryl/α,β-unsaturated/α-hetero) is 2. The highest BCUT2D eigenvalue weighted by Crippen LogP contribution is 2.35. The molecule has 1 aliphatic heterocycles. The van der Waals surface area contributed by atoms with Crippen LogP contribution in [0.25, 0.3) is 0 Å². The van der Waals surface area contributed by atoms with Crippen LogP contribution in [0.15, 0.2) is 12.1 Å². The number of ketones is 2. The van der Waals surface area contributed by atoms with Gasteiger partial charge in [0, 0.05) is 31.5 Å². The number of alkyl halides is 3. The Balaban J connectivity index is 1.54. The number of halogens is 6. The number of nitrogens with two attached hydrogens (primary N) is 1. The van der Waals surface area contributed by atoms with Crippen molar-refractivity contribution in [3.63, 3.8) is 0 Å². The monoisotopic (exact) mass is 516 g/mol. The number of rotatable bonds is 6. The minimum atomic E-state index is -4.81. The molecular weight excluding hydrogens is 494 g/mol. The van der Waals surface area contributed by atoms with Gasteiger partial charge in [0.1, 0.15) is 11.5 Å². The van der Waals surface area contributed by atoms with E-state index in [1.165, 1.54) is 0 Å². The number of aromatic nitrogens is 2. The van der Waals surface area contributed by atoms with Crippen LogP contribution in [0.4, 0.5) is 26.3 Å². The van der Waals surface area contributed by atoms with Crippen molar-refractivity contribution in [2.75, 3.05) is 6.54 Å². The molecule has 1 aromatic carbocycles. The van der Waals surface area contributed by atoms with Gasteiger partial charge < -0.3 is 15.2 Å². The molecule has 1 aromatic heterocycles. The van der Waals surface area contributed by atoms with E-state index in [1.54, 1.807) is 0 Å². The Labute approximate surface area is 201 Å². The standard InChI is InChI=1S/C23H22F6N4O3/c24-13-8-15(26)14(25)7-12(13)21(36)16(30)9-18(34)32-5-6-33-17(10-32)19(31-22(33)23(27,28)29)20(35)11-3-1-2-4-11/h7-8,11,16H,1-6,9-10,30H2/t16-/m1/s1. The summed E-state index contributed by atoms with van der Waals surface area (Å²) in [6.45, 7) is -0.833. The SMILES string of the molecule is N[C@H](CC(=O)N1CCn2c(C(F)(F)F)nc(C(=O)C3CCCC3)c2C1)C(=O)c1cc(F)c(F)cc1F. The summed E-state index contributed by atoms with van der Waals surface area (Å²) in [5.41, 5.74) is 4.53. The van der Waals surface area contributed by atoms with Crippen LogP contribution in [0.2, 0.25) is 0 Å². The molecule has 2 N–H and O–H groups in total. The first kappa shape index (κ1) is 25.9. The second-order valence-corrected chi connectivity index (χ2v) is 8.96. The maximum atomic E-state index is 13.9. The Morgan fingerprint density at radius 1 is 1.03 bits per heavy atom. The van der Waals surface area contributed by atoms with E-state index in [-0.39, 0.29) is 37.1 Å². The van der Waals surface area contributed by atoms with Crippen molar-refractivity contribution < 1.29 is 40.7 Å². The minimum Gasteiger partial charge on any atom is -0.335 e. The Morgan fingerprint density at radius 2 is 1.67 bits per heavy atom. The molecule has 2 aliphatic rings. The quantitative estimate of drug-likeness (QED) is 0.359. The van der Waals surface area contributed by atoms with Crippen molar-refractivity contribution in [1.29, 1.82) is 0 Å². The fourth-order valence-corrected chi connectivity index (χ4v) is 4.70. The van der Waals surface area contributed by atoms with Crippen molar-refractivity contribution in [3.05, 3.63) is 52.4 Å². The third kappa shape index (κ3) is 4.88. The number of hydrogen-bond acceptors (Lipinski definition) is 5. The average Bonchev–Trinajstić information content (AvgIpc) is 3.48. The molecule has 1 amide bonds. The fraction of sp³-hybridized carbons (Fsp3) is 0.478. The van der Waals surface area contributed by atoms with Gasteiger partial charge in [0.2, 0.25) is 11.7 Å². The first-order valence-corrected chi connectivity index (χ1v) is 11.3. The topological polar surface area (TPSA) is 98.3 Å². The average molecular weight is 516 g/mol. The van der Waals surface area contributed by atoms with Gasteiger partial charge >= 0.3 is 6.18 Å². The molecule has 0 unspecified atom stereocenters. The fourth-order valence-electron chi connectivity index (χ4n) is 4.70. The molecule has 0 saturated heterocycles. The highest BCUT2D eigenvalue weighted by atomic mass is 19.4. The third-order valence-corrected chi connectivity index (χ3v) is 6.58. The van der Waals surface area contributed by atoms with Crippen LogP contribution in [0.5, 0.6) is 0 Å². The second kappa shape index (κ2) is 9.68. The van der Waals surface area contributed by atoms with Crippen molar-refractivity contribution in [3.8, 4) is 0 Å². The van der Waals surface area contributed by atoms with E-state index in [4.69, 9.17) is 5.73 Å². The number of imidazole rings is 1. The molecule has 0 spiro atoms. The van der Waals surface area contributed by atoms with Crippen LogP contribution in [-0.4, -0.2) is 44.5 Å². The van der Waals surface area contributed by atoms with E-state index in [2.05, 4.69) is 4.98 Å². The highest BCUT2D eigenvalue weighted by Gasteiger charge is 2.42. The number of fused-ring (bicyclic) bond motifs is 1. The van der Waals surface area contributed by atoms with E-state index in [0.29, 0.717) is 18.9 Å². The molecule has 36 heavy (non-hydrogen) atoms. The van der Waals surface area contributed by atoms with Crippen LogP contribution in [0, 0.1) is 23.4 Å². The number of amides is 1. The van der Waals surface area contributed by atoms with Crippen LogP contribution in [0.1, 0.15) is 64.5 Å². The Morgan fingerprint density at radius 3 is 2.31 bits per heavy atom. The summed E-state index contributed by atoms with van der Waals surface area (Å²) in [6, 6.07) is -1.09. The van der Waals surface area contributed by atoms with E-state index in [1.807, 2.05) is 0 Å². The number of benzene rings is 1. The van der Waals surface area contributed by atoms with Gasteiger partial charge in [-0.15, -0.1) is 0 Å². The maximum absolute atomic E-state index is 13.9. The van der Waals surface area contributed by atoms with Gasteiger partial charge in [0.15, 0.2) is 23.2 Å². The van der Waals surface area contributed by atoms with E-state index in [9.17, 15) is 40.7 Å². The highest BCUT2D eigenvalue weighted by molar-refractivity contribution is 6.02. The zero-order valence-electron chi connectivity index (χ0n) is 18.9. The predicted octanol–water partition coefficient (Wildman–Crippen LogP) is 3.63. The third-order valence-electron chi connectivity index (χ3n) is 6.58. The number of nitrogens with zero attached hydrogens (tertiary/aromatic N) is 3. The minimum absolute atomic E-state index is 0.0506. The molecule has 2 aromatic rings. The first-order chi connectivity index (χ1) is 16.9. The molecule has 1 saturated carbocycles. The molecule has 2 heterocycles. The summed E-state index contributed by atoms with van der Waals surface area (Å²) < 4.78 is 82.2. The van der Waals surface area contributed by atoms with Crippen LogP contribution >= 0.6 is 0 Å². The Hall–Kier alpha value is -3.22. The first-order valence-electron chi connectivity index (χ1n) is 11.3. The van der Waals surface area contributed by atoms with Gasteiger partial charge in [-0.25, -0.2) is 18.2 Å². The summed E-state index contributed by atoms with van der Waals surface area (Å²) in [5, 5.41) is 0. The molecule has 7 nitrogen and oxygen atoms in total. The summed E-state index contributed by atoms with van der Waals surface area (Å²) >= 11 is 0. The van der Waals surface area contributed by atoms with Gasteiger partial charge in [-0.1, -0.05) is 12.8 Å². The zero-order valence-corrected chi connectivity index (χ0v) is 18.9. The lowest BCUT2D eigenvalue weighted by atomic mass is 9.98. The zero-order chi connectivity index (χ0) is 26.4. The molecule has 1 aliphatic carbocycles. The van der Waals surface area contributed by atoms with E-state index in [0.717, 1.165) is 22.3 Å². The predicted molar refractivity (Wildman–Crippen MR) is 112 cm³/mol. The molecular formula is C23H22F6N4O3. The molecule has 1 fully saturated rings. The van der Waals surface area contributed by atoms with Crippen molar-refractivity contribution in [1.82, 2.24) is 14.5 Å². The Kier molecular flexibility index (Phi) is 6.95. The number of carbonyl (C=O) groups excluding carboxylic acids is 3. The lowest BCUT2D eigenvalue weighted by molar-refractivity contribution is -0.148. The van der Waals surface area contributed by atoms with Gasteiger partial charge in [-0.2, -0.15) is 13.2 Å². The van der Waals surface area contributed by atoms with Gasteiger partial charge in [-0.3, -0.25) is 14.4 Å². The number of carbonyl (C=O) groups is 3. The normalized spacial score (nSPS) is 17.2. The van der Waals surface area contributed by atoms with Crippen molar-refractivity contribution in [2.24, 2.45) is 11.7 Å². The molecule has 1 atom stereocenters.